The smallest absolute Gasteiger partial charge is 0.182 e. The maximum Gasteiger partial charge on any atom is 0.182 e. The van der Waals surface area contributed by atoms with Gasteiger partial charge >= 0.3 is 0 Å². The molecule has 70 valence electrons. The molecule has 0 aromatic carbocycles. The minimum atomic E-state index is 0.112. The van der Waals surface area contributed by atoms with Gasteiger partial charge in [0.15, 0.2) is 5.43 Å². The number of hydrogen-bond acceptors (Lipinski definition) is 2. The Morgan fingerprint density at radius 3 is 2.69 bits per heavy atom. The second kappa shape index (κ2) is 3.00. The molecule has 0 radical (unpaired) electrons. The first-order valence-electron chi connectivity index (χ1n) is 4.54. The number of likely N-dealkylation sites (N-methyl/N-ethyl adjacent to an activating group) is 1. The third-order valence-corrected chi connectivity index (χ3v) is 2.50. The van der Waals surface area contributed by atoms with Crippen molar-refractivity contribution in [1.29, 1.82) is 0 Å². The van der Waals surface area contributed by atoms with Gasteiger partial charge in [0.25, 0.3) is 0 Å². The van der Waals surface area contributed by atoms with Crippen LogP contribution in [0.2, 0.25) is 0 Å². The molecular weight excluding hydrogens is 164 g/mol. The van der Waals surface area contributed by atoms with Gasteiger partial charge in [0.2, 0.25) is 0 Å². The van der Waals surface area contributed by atoms with Crippen LogP contribution in [0.4, 0.5) is 0 Å². The Kier molecular flexibility index (Phi) is 1.96. The fourth-order valence-corrected chi connectivity index (χ4v) is 1.82. The quantitative estimate of drug-likeness (QED) is 0.687. The third kappa shape index (κ3) is 1.65. The highest BCUT2D eigenvalue weighted by atomic mass is 16.1. The molecule has 1 saturated heterocycles. The topological polar surface area (TPSA) is 36.1 Å². The maximum absolute atomic E-state index is 11.2. The number of nitrogens with one attached hydrogen (secondary N) is 1. The van der Waals surface area contributed by atoms with Gasteiger partial charge in [-0.2, -0.15) is 0 Å². The van der Waals surface area contributed by atoms with Crippen LogP contribution in [0.25, 0.3) is 0 Å². The van der Waals surface area contributed by atoms with E-state index in [0.717, 1.165) is 24.5 Å². The van der Waals surface area contributed by atoms with E-state index in [2.05, 4.69) is 16.9 Å². The maximum atomic E-state index is 11.2. The molecular formula is C10H14N2O. The lowest BCUT2D eigenvalue weighted by molar-refractivity contribution is 0.186. The summed E-state index contributed by atoms with van der Waals surface area (Å²) in [6.07, 6.45) is 0. The number of pyridine rings is 1. The van der Waals surface area contributed by atoms with Crippen molar-refractivity contribution in [2.45, 2.75) is 12.8 Å². The Labute approximate surface area is 77.4 Å². The molecule has 1 fully saturated rings. The van der Waals surface area contributed by atoms with Gasteiger partial charge in [0.05, 0.1) is 0 Å². The lowest BCUT2D eigenvalue weighted by Crippen LogP contribution is -2.42. The summed E-state index contributed by atoms with van der Waals surface area (Å²) in [4.78, 5) is 16.7. The second-order valence-electron chi connectivity index (χ2n) is 3.87. The second-order valence-corrected chi connectivity index (χ2v) is 3.87. The fourth-order valence-electron chi connectivity index (χ4n) is 1.82. The van der Waals surface area contributed by atoms with E-state index in [-0.39, 0.29) is 5.43 Å². The van der Waals surface area contributed by atoms with Gasteiger partial charge in [0, 0.05) is 42.5 Å². The molecule has 3 heteroatoms. The van der Waals surface area contributed by atoms with Crippen LogP contribution in [-0.2, 0) is 0 Å². The molecule has 0 atom stereocenters. The Balaban J connectivity index is 2.26. The molecule has 1 aromatic heterocycles. The zero-order valence-electron chi connectivity index (χ0n) is 8.00. The van der Waals surface area contributed by atoms with E-state index < -0.39 is 0 Å². The largest absolute Gasteiger partial charge is 0.362 e. The summed E-state index contributed by atoms with van der Waals surface area (Å²) in [5.41, 5.74) is 2.15. The number of aryl methyl sites for hydroxylation is 1. The minimum absolute atomic E-state index is 0.112. The zero-order chi connectivity index (χ0) is 9.42. The number of nitrogens with zero attached hydrogens (tertiary/aromatic N) is 1. The lowest BCUT2D eigenvalue weighted by atomic mass is 9.96. The van der Waals surface area contributed by atoms with Crippen LogP contribution in [-0.4, -0.2) is 30.0 Å². The summed E-state index contributed by atoms with van der Waals surface area (Å²) < 4.78 is 0. The molecule has 0 unspecified atom stereocenters. The molecule has 13 heavy (non-hydrogen) atoms. The standard InChI is InChI=1S/C10H14N2O/c1-7-3-9(13)4-10(11-7)8-5-12(2)6-8/h3-4,8H,5-6H2,1-2H3,(H,11,13). The van der Waals surface area contributed by atoms with Crippen molar-refractivity contribution in [1.82, 2.24) is 9.88 Å². The van der Waals surface area contributed by atoms with E-state index in [1.807, 2.05) is 6.92 Å². The average molecular weight is 178 g/mol. The highest BCUT2D eigenvalue weighted by molar-refractivity contribution is 5.17. The summed E-state index contributed by atoms with van der Waals surface area (Å²) in [5, 5.41) is 0. The van der Waals surface area contributed by atoms with E-state index in [0.29, 0.717) is 5.92 Å². The van der Waals surface area contributed by atoms with Crippen LogP contribution in [0.5, 0.6) is 0 Å². The van der Waals surface area contributed by atoms with Crippen molar-refractivity contribution < 1.29 is 0 Å². The molecule has 0 saturated carbocycles. The molecule has 1 N–H and O–H groups in total. The predicted molar refractivity (Wildman–Crippen MR) is 52.0 cm³/mol. The highest BCUT2D eigenvalue weighted by Gasteiger charge is 2.25. The van der Waals surface area contributed by atoms with Gasteiger partial charge in [0.1, 0.15) is 0 Å². The van der Waals surface area contributed by atoms with Crippen LogP contribution in [0, 0.1) is 6.92 Å². The molecule has 2 heterocycles. The summed E-state index contributed by atoms with van der Waals surface area (Å²) in [6.45, 7) is 4.03. The summed E-state index contributed by atoms with van der Waals surface area (Å²) in [6, 6.07) is 3.34. The van der Waals surface area contributed by atoms with Crippen molar-refractivity contribution in [3.63, 3.8) is 0 Å². The van der Waals surface area contributed by atoms with Gasteiger partial charge in [-0.15, -0.1) is 0 Å². The Morgan fingerprint density at radius 2 is 2.15 bits per heavy atom. The Hall–Kier alpha value is -1.09. The first-order chi connectivity index (χ1) is 6.15. The van der Waals surface area contributed by atoms with Gasteiger partial charge in [-0.05, 0) is 14.0 Å². The van der Waals surface area contributed by atoms with Gasteiger partial charge in [-0.25, -0.2) is 0 Å². The van der Waals surface area contributed by atoms with Crippen LogP contribution in [0.15, 0.2) is 16.9 Å². The van der Waals surface area contributed by atoms with Gasteiger partial charge < -0.3 is 9.88 Å². The molecule has 1 aliphatic rings. The zero-order valence-corrected chi connectivity index (χ0v) is 8.00. The molecule has 0 amide bonds. The number of likely N-dealkylation sites (tertiary alicyclic amines) is 1. The molecule has 1 aliphatic heterocycles. The minimum Gasteiger partial charge on any atom is -0.362 e. The summed E-state index contributed by atoms with van der Waals surface area (Å²) >= 11 is 0. The molecule has 0 spiro atoms. The number of hydrogen-bond donors (Lipinski definition) is 1. The molecule has 1 aromatic rings. The first kappa shape index (κ1) is 8.51. The van der Waals surface area contributed by atoms with Crippen LogP contribution < -0.4 is 5.43 Å². The third-order valence-electron chi connectivity index (χ3n) is 2.50. The molecule has 0 aliphatic carbocycles. The van der Waals surface area contributed by atoms with E-state index >= 15 is 0 Å². The average Bonchev–Trinajstić information content (AvgIpc) is 1.96. The fraction of sp³-hybridized carbons (Fsp3) is 0.500. The normalized spacial score (nSPS) is 18.6. The number of aromatic amines is 1. The van der Waals surface area contributed by atoms with Crippen molar-refractivity contribution in [3.8, 4) is 0 Å². The molecule has 0 bridgehead atoms. The monoisotopic (exact) mass is 178 g/mol. The van der Waals surface area contributed by atoms with Gasteiger partial charge in [-0.1, -0.05) is 0 Å². The first-order valence-corrected chi connectivity index (χ1v) is 4.54. The Morgan fingerprint density at radius 1 is 1.46 bits per heavy atom. The van der Waals surface area contributed by atoms with E-state index in [4.69, 9.17) is 0 Å². The van der Waals surface area contributed by atoms with Gasteiger partial charge in [-0.3, -0.25) is 4.79 Å². The number of aromatic nitrogens is 1. The Bertz CT molecular complexity index is 363. The summed E-state index contributed by atoms with van der Waals surface area (Å²) in [5.74, 6) is 0.526. The lowest BCUT2D eigenvalue weighted by Gasteiger charge is -2.36. The SMILES string of the molecule is Cc1cc(=O)cc(C2CN(C)C2)[nH]1. The number of rotatable bonds is 1. The summed E-state index contributed by atoms with van der Waals surface area (Å²) in [7, 11) is 2.09. The van der Waals surface area contributed by atoms with Crippen molar-refractivity contribution in [2.24, 2.45) is 0 Å². The van der Waals surface area contributed by atoms with Crippen molar-refractivity contribution in [3.05, 3.63) is 33.7 Å². The van der Waals surface area contributed by atoms with Crippen LogP contribution in [0.1, 0.15) is 17.3 Å². The van der Waals surface area contributed by atoms with Crippen molar-refractivity contribution >= 4 is 0 Å². The highest BCUT2D eigenvalue weighted by Crippen LogP contribution is 2.22. The van der Waals surface area contributed by atoms with Crippen LogP contribution in [0.3, 0.4) is 0 Å². The number of H-pyrrole nitrogens is 1. The molecule has 3 nitrogen and oxygen atoms in total. The van der Waals surface area contributed by atoms with E-state index in [1.54, 1.807) is 12.1 Å². The van der Waals surface area contributed by atoms with Crippen LogP contribution >= 0.6 is 0 Å². The van der Waals surface area contributed by atoms with E-state index in [9.17, 15) is 4.79 Å². The van der Waals surface area contributed by atoms with E-state index in [1.165, 1.54) is 0 Å². The molecule has 2 rings (SSSR count). The predicted octanol–water partition coefficient (Wildman–Crippen LogP) is 0.712. The van der Waals surface area contributed by atoms with Crippen molar-refractivity contribution in [2.75, 3.05) is 20.1 Å².